The molecule has 0 bridgehead atoms. The normalized spacial score (nSPS) is 23.3. The molecule has 2 amide bonds. The Labute approximate surface area is 158 Å². The van der Waals surface area contributed by atoms with Gasteiger partial charge in [0.1, 0.15) is 11.8 Å². The first-order valence-electron chi connectivity index (χ1n) is 9.24. The van der Waals surface area contributed by atoms with E-state index in [0.717, 1.165) is 43.1 Å². The van der Waals surface area contributed by atoms with Crippen LogP contribution in [0, 0.1) is 5.92 Å². The molecule has 140 valence electrons. The molecule has 2 heterocycles. The van der Waals surface area contributed by atoms with Crippen LogP contribution in [0.25, 0.3) is 0 Å². The Kier molecular flexibility index (Phi) is 4.98. The topological polar surface area (TPSA) is 53.1 Å². The van der Waals surface area contributed by atoms with Crippen molar-refractivity contribution in [1.29, 1.82) is 0 Å². The Hall–Kier alpha value is -1.89. The van der Waals surface area contributed by atoms with Crippen LogP contribution in [0.1, 0.15) is 12.8 Å². The van der Waals surface area contributed by atoms with Crippen molar-refractivity contribution in [3.63, 3.8) is 0 Å². The Morgan fingerprint density at radius 1 is 1.08 bits per heavy atom. The lowest BCUT2D eigenvalue weighted by Gasteiger charge is -2.38. The number of hydrogen-bond donors (Lipinski definition) is 0. The maximum atomic E-state index is 13.0. The highest BCUT2D eigenvalue weighted by Crippen LogP contribution is 2.35. The van der Waals surface area contributed by atoms with Gasteiger partial charge in [-0.2, -0.15) is 0 Å². The predicted molar refractivity (Wildman–Crippen MR) is 102 cm³/mol. The van der Waals surface area contributed by atoms with Gasteiger partial charge in [-0.05, 0) is 25.0 Å². The number of anilines is 1. The maximum Gasteiger partial charge on any atom is 0.246 e. The number of hydrogen-bond acceptors (Lipinski definition) is 5. The molecule has 0 N–H and O–H groups in total. The van der Waals surface area contributed by atoms with Crippen molar-refractivity contribution in [2.45, 2.75) is 18.9 Å². The average molecular weight is 375 g/mol. The molecule has 0 spiro atoms. The molecule has 0 radical (unpaired) electrons. The van der Waals surface area contributed by atoms with E-state index >= 15 is 0 Å². The van der Waals surface area contributed by atoms with Crippen LogP contribution in [0.4, 0.5) is 5.69 Å². The first-order chi connectivity index (χ1) is 12.7. The molecule has 2 aliphatic heterocycles. The van der Waals surface area contributed by atoms with Gasteiger partial charge in [0, 0.05) is 37.8 Å². The van der Waals surface area contributed by atoms with Gasteiger partial charge >= 0.3 is 0 Å². The summed E-state index contributed by atoms with van der Waals surface area (Å²) in [4.78, 5) is 31.4. The van der Waals surface area contributed by atoms with E-state index < -0.39 is 0 Å². The predicted octanol–water partition coefficient (Wildman–Crippen LogP) is 1.66. The largest absolute Gasteiger partial charge is 0.495 e. The molecule has 4 rings (SSSR count). The molecule has 1 atom stereocenters. The Bertz CT molecular complexity index is 686. The number of methoxy groups -OCH3 is 1. The summed E-state index contributed by atoms with van der Waals surface area (Å²) in [7, 11) is 1.68. The van der Waals surface area contributed by atoms with Crippen molar-refractivity contribution >= 4 is 29.3 Å². The molecule has 1 aromatic rings. The number of ether oxygens (including phenoxy) is 1. The maximum absolute atomic E-state index is 13.0. The zero-order chi connectivity index (χ0) is 18.1. The summed E-state index contributed by atoms with van der Waals surface area (Å²) in [6.45, 7) is 2.93. The summed E-state index contributed by atoms with van der Waals surface area (Å²) in [6, 6.07) is 7.72. The Morgan fingerprint density at radius 2 is 1.81 bits per heavy atom. The monoisotopic (exact) mass is 375 g/mol. The number of rotatable bonds is 4. The van der Waals surface area contributed by atoms with Crippen LogP contribution in [-0.4, -0.2) is 72.6 Å². The van der Waals surface area contributed by atoms with Crippen LogP contribution < -0.4 is 9.64 Å². The van der Waals surface area contributed by atoms with Gasteiger partial charge in [0.05, 0.1) is 18.7 Å². The van der Waals surface area contributed by atoms with Crippen molar-refractivity contribution in [2.75, 3.05) is 49.8 Å². The minimum Gasteiger partial charge on any atom is -0.495 e. The second kappa shape index (κ2) is 7.39. The van der Waals surface area contributed by atoms with Crippen LogP contribution in [0.3, 0.4) is 0 Å². The molecule has 3 aliphatic rings. The lowest BCUT2D eigenvalue weighted by Crippen LogP contribution is -2.55. The highest BCUT2D eigenvalue weighted by molar-refractivity contribution is 7.99. The number of thioether (sulfide) groups is 1. The van der Waals surface area contributed by atoms with Gasteiger partial charge in [-0.25, -0.2) is 0 Å². The molecule has 1 saturated carbocycles. The van der Waals surface area contributed by atoms with Crippen LogP contribution >= 0.6 is 11.8 Å². The van der Waals surface area contributed by atoms with Crippen molar-refractivity contribution in [3.8, 4) is 5.75 Å². The van der Waals surface area contributed by atoms with Gasteiger partial charge in [0.15, 0.2) is 0 Å². The first kappa shape index (κ1) is 17.5. The number of piperazine rings is 1. The summed E-state index contributed by atoms with van der Waals surface area (Å²) in [5, 5.41) is 0. The number of carbonyl (C=O) groups is 2. The zero-order valence-electron chi connectivity index (χ0n) is 15.1. The third kappa shape index (κ3) is 3.37. The van der Waals surface area contributed by atoms with Crippen LogP contribution in [0.15, 0.2) is 24.3 Å². The van der Waals surface area contributed by atoms with Crippen LogP contribution in [0.2, 0.25) is 0 Å². The molecule has 1 aliphatic carbocycles. The molecular formula is C19H25N3O3S. The number of benzene rings is 1. The summed E-state index contributed by atoms with van der Waals surface area (Å²) >= 11 is 1.69. The zero-order valence-corrected chi connectivity index (χ0v) is 15.9. The fraction of sp³-hybridized carbons (Fsp3) is 0.579. The van der Waals surface area contributed by atoms with Crippen molar-refractivity contribution in [1.82, 2.24) is 9.80 Å². The number of para-hydroxylation sites is 2. The van der Waals surface area contributed by atoms with Gasteiger partial charge in [-0.15, -0.1) is 11.8 Å². The smallest absolute Gasteiger partial charge is 0.246 e. The van der Waals surface area contributed by atoms with E-state index in [0.29, 0.717) is 19.0 Å². The summed E-state index contributed by atoms with van der Waals surface area (Å²) in [5.41, 5.74) is 1.07. The average Bonchev–Trinajstić information content (AvgIpc) is 3.43. The van der Waals surface area contributed by atoms with Gasteiger partial charge in [-0.3, -0.25) is 9.59 Å². The summed E-state index contributed by atoms with van der Waals surface area (Å²) in [5.74, 6) is 2.72. The second-order valence-electron chi connectivity index (χ2n) is 7.08. The SMILES string of the molecule is COc1ccccc1N1CCN(C(=O)[C@@H]2CSCN2C(=O)C2CC2)CC1. The van der Waals surface area contributed by atoms with E-state index in [4.69, 9.17) is 4.74 Å². The molecule has 26 heavy (non-hydrogen) atoms. The van der Waals surface area contributed by atoms with E-state index in [1.807, 2.05) is 28.0 Å². The van der Waals surface area contributed by atoms with E-state index in [-0.39, 0.29) is 23.8 Å². The molecule has 6 nitrogen and oxygen atoms in total. The van der Waals surface area contributed by atoms with E-state index in [9.17, 15) is 9.59 Å². The van der Waals surface area contributed by atoms with Crippen molar-refractivity contribution in [3.05, 3.63) is 24.3 Å². The molecule has 0 aromatic heterocycles. The third-order valence-corrected chi connectivity index (χ3v) is 6.41. The number of amides is 2. The lowest BCUT2D eigenvalue weighted by molar-refractivity contribution is -0.144. The summed E-state index contributed by atoms with van der Waals surface area (Å²) < 4.78 is 5.45. The number of nitrogens with zero attached hydrogens (tertiary/aromatic N) is 3. The minimum atomic E-state index is -0.272. The van der Waals surface area contributed by atoms with Crippen molar-refractivity contribution in [2.24, 2.45) is 5.92 Å². The standard InChI is InChI=1S/C19H25N3O3S/c1-25-17-5-3-2-4-15(17)20-8-10-21(11-9-20)19(24)16-12-26-13-22(16)18(23)14-6-7-14/h2-5,14,16H,6-13H2,1H3/t16-/m0/s1. The summed E-state index contributed by atoms with van der Waals surface area (Å²) in [6.07, 6.45) is 1.97. The third-order valence-electron chi connectivity index (χ3n) is 5.39. The molecular weight excluding hydrogens is 350 g/mol. The van der Waals surface area contributed by atoms with Crippen LogP contribution in [-0.2, 0) is 9.59 Å². The van der Waals surface area contributed by atoms with E-state index in [1.54, 1.807) is 18.9 Å². The fourth-order valence-corrected chi connectivity index (χ4v) is 4.85. The van der Waals surface area contributed by atoms with E-state index in [1.165, 1.54) is 0 Å². The van der Waals surface area contributed by atoms with Gasteiger partial charge < -0.3 is 19.4 Å². The number of carbonyl (C=O) groups excluding carboxylic acids is 2. The molecule has 1 aromatic carbocycles. The Morgan fingerprint density at radius 3 is 2.50 bits per heavy atom. The minimum absolute atomic E-state index is 0.115. The fourth-order valence-electron chi connectivity index (χ4n) is 3.70. The molecule has 2 saturated heterocycles. The van der Waals surface area contributed by atoms with Gasteiger partial charge in [0.2, 0.25) is 11.8 Å². The van der Waals surface area contributed by atoms with Gasteiger partial charge in [0.25, 0.3) is 0 Å². The van der Waals surface area contributed by atoms with Crippen LogP contribution in [0.5, 0.6) is 5.75 Å². The quantitative estimate of drug-likeness (QED) is 0.801. The highest BCUT2D eigenvalue weighted by Gasteiger charge is 2.42. The molecule has 0 unspecified atom stereocenters. The van der Waals surface area contributed by atoms with Crippen molar-refractivity contribution < 1.29 is 14.3 Å². The van der Waals surface area contributed by atoms with E-state index in [2.05, 4.69) is 11.0 Å². The second-order valence-corrected chi connectivity index (χ2v) is 8.08. The highest BCUT2D eigenvalue weighted by atomic mass is 32.2. The Balaban J connectivity index is 1.38. The molecule has 3 fully saturated rings. The van der Waals surface area contributed by atoms with Gasteiger partial charge in [-0.1, -0.05) is 12.1 Å². The first-order valence-corrected chi connectivity index (χ1v) is 10.4. The lowest BCUT2D eigenvalue weighted by atomic mass is 10.2. The molecule has 7 heteroatoms.